The van der Waals surface area contributed by atoms with Crippen molar-refractivity contribution in [2.24, 2.45) is 0 Å². The Morgan fingerprint density at radius 3 is 2.03 bits per heavy atom. The molecule has 0 saturated carbocycles. The molecule has 4 rings (SSSR count). The fourth-order valence-electron chi connectivity index (χ4n) is 3.84. The molecule has 3 aromatic carbocycles. The topological polar surface area (TPSA) is 84.9 Å². The molecule has 0 aliphatic heterocycles. The minimum absolute atomic E-state index is 0.0904. The number of nitrogens with one attached hydrogen (secondary N) is 1. The first-order valence-electron chi connectivity index (χ1n) is 9.56. The lowest BCUT2D eigenvalue weighted by atomic mass is 9.98. The largest absolute Gasteiger partial charge is 0.497 e. The number of carboxylic acids is 1. The number of ether oxygens (including phenoxy) is 2. The molecule has 0 radical (unpaired) electrons. The number of carbonyl (C=O) groups is 2. The maximum Gasteiger partial charge on any atom is 0.408 e. The van der Waals surface area contributed by atoms with Crippen LogP contribution in [0.5, 0.6) is 5.75 Å². The number of hydrogen-bond acceptors (Lipinski definition) is 4. The number of amides is 1. The quantitative estimate of drug-likeness (QED) is 0.639. The minimum atomic E-state index is -1.22. The summed E-state index contributed by atoms with van der Waals surface area (Å²) in [6, 6.07) is 21.3. The van der Waals surface area contributed by atoms with Crippen LogP contribution in [0.1, 0.15) is 28.7 Å². The third-order valence-corrected chi connectivity index (χ3v) is 5.30. The van der Waals surface area contributed by atoms with E-state index in [0.717, 1.165) is 22.3 Å². The van der Waals surface area contributed by atoms with E-state index >= 15 is 0 Å². The predicted molar refractivity (Wildman–Crippen MR) is 112 cm³/mol. The third-order valence-electron chi connectivity index (χ3n) is 5.30. The maximum absolute atomic E-state index is 12.4. The monoisotopic (exact) mass is 403 g/mol. The number of carboxylic acid groups (broad SMARTS) is 1. The van der Waals surface area contributed by atoms with Crippen LogP contribution in [-0.4, -0.2) is 30.9 Å². The second-order valence-corrected chi connectivity index (χ2v) is 7.01. The van der Waals surface area contributed by atoms with Gasteiger partial charge in [0, 0.05) is 5.92 Å². The van der Waals surface area contributed by atoms with Crippen molar-refractivity contribution in [3.05, 3.63) is 89.5 Å². The Kier molecular flexibility index (Phi) is 5.39. The highest BCUT2D eigenvalue weighted by Gasteiger charge is 2.30. The summed E-state index contributed by atoms with van der Waals surface area (Å²) in [4.78, 5) is 24.1. The van der Waals surface area contributed by atoms with E-state index in [2.05, 4.69) is 17.4 Å². The highest BCUT2D eigenvalue weighted by Crippen LogP contribution is 2.44. The molecule has 1 atom stereocenters. The van der Waals surface area contributed by atoms with Gasteiger partial charge in [-0.3, -0.25) is 0 Å². The van der Waals surface area contributed by atoms with Crippen LogP contribution in [0.25, 0.3) is 11.1 Å². The molecule has 1 aliphatic rings. The lowest BCUT2D eigenvalue weighted by Crippen LogP contribution is -2.34. The Labute approximate surface area is 174 Å². The van der Waals surface area contributed by atoms with Crippen LogP contribution in [0.3, 0.4) is 0 Å². The second-order valence-electron chi connectivity index (χ2n) is 7.01. The summed E-state index contributed by atoms with van der Waals surface area (Å²) in [6.45, 7) is 0.120. The highest BCUT2D eigenvalue weighted by atomic mass is 16.5. The van der Waals surface area contributed by atoms with Crippen molar-refractivity contribution in [3.63, 3.8) is 0 Å². The normalized spacial score (nSPS) is 13.1. The molecule has 1 amide bonds. The molecule has 6 heteroatoms. The van der Waals surface area contributed by atoms with Crippen LogP contribution in [-0.2, 0) is 9.53 Å². The molecular weight excluding hydrogens is 382 g/mol. The van der Waals surface area contributed by atoms with Gasteiger partial charge in [-0.2, -0.15) is 0 Å². The van der Waals surface area contributed by atoms with Gasteiger partial charge in [0.25, 0.3) is 0 Å². The van der Waals surface area contributed by atoms with Crippen LogP contribution < -0.4 is 10.1 Å². The van der Waals surface area contributed by atoms with Gasteiger partial charge in [0.2, 0.25) is 0 Å². The first kappa shape index (κ1) is 19.5. The Morgan fingerprint density at radius 1 is 0.933 bits per heavy atom. The Balaban J connectivity index is 1.47. The average Bonchev–Trinajstić information content (AvgIpc) is 3.10. The Hall–Kier alpha value is -3.80. The summed E-state index contributed by atoms with van der Waals surface area (Å²) in [5.41, 5.74) is 4.87. The summed E-state index contributed by atoms with van der Waals surface area (Å²) in [7, 11) is 1.53. The first-order valence-corrected chi connectivity index (χ1v) is 9.56. The highest BCUT2D eigenvalue weighted by molar-refractivity contribution is 5.82. The standard InChI is InChI=1S/C24H21NO5/c1-29-16-12-10-15(11-13-16)22(23(26)27)25-24(28)30-14-21-19-8-4-2-6-17(19)18-7-3-5-9-20(18)21/h2-13,21-22H,14H2,1H3,(H,25,28)(H,26,27)/t22-/m1/s1. The van der Waals surface area contributed by atoms with E-state index in [0.29, 0.717) is 11.3 Å². The molecule has 3 aromatic rings. The van der Waals surface area contributed by atoms with Gasteiger partial charge in [0.1, 0.15) is 12.4 Å². The van der Waals surface area contributed by atoms with Gasteiger partial charge in [-0.25, -0.2) is 9.59 Å². The molecule has 0 heterocycles. The van der Waals surface area contributed by atoms with Gasteiger partial charge < -0.3 is 19.9 Å². The Bertz CT molecular complexity index is 1030. The summed E-state index contributed by atoms with van der Waals surface area (Å²) < 4.78 is 10.5. The molecule has 152 valence electrons. The molecule has 0 bridgehead atoms. The van der Waals surface area contributed by atoms with Gasteiger partial charge in [-0.1, -0.05) is 60.7 Å². The Morgan fingerprint density at radius 2 is 1.50 bits per heavy atom. The fraction of sp³-hybridized carbons (Fsp3) is 0.167. The van der Waals surface area contributed by atoms with E-state index in [1.165, 1.54) is 7.11 Å². The number of benzene rings is 3. The van der Waals surface area contributed by atoms with Gasteiger partial charge in [-0.05, 0) is 39.9 Å². The molecule has 0 aromatic heterocycles. The first-order chi connectivity index (χ1) is 14.6. The van der Waals surface area contributed by atoms with Crippen LogP contribution in [0.15, 0.2) is 72.8 Å². The number of carbonyl (C=O) groups excluding carboxylic acids is 1. The molecule has 0 spiro atoms. The molecule has 1 aliphatic carbocycles. The van der Waals surface area contributed by atoms with Crippen molar-refractivity contribution < 1.29 is 24.2 Å². The zero-order valence-corrected chi connectivity index (χ0v) is 16.4. The molecule has 0 saturated heterocycles. The van der Waals surface area contributed by atoms with E-state index in [9.17, 15) is 14.7 Å². The number of methoxy groups -OCH3 is 1. The fourth-order valence-corrected chi connectivity index (χ4v) is 3.84. The lowest BCUT2D eigenvalue weighted by Gasteiger charge is -2.18. The van der Waals surface area contributed by atoms with E-state index < -0.39 is 18.1 Å². The maximum atomic E-state index is 12.4. The van der Waals surface area contributed by atoms with Crippen molar-refractivity contribution in [1.29, 1.82) is 0 Å². The molecular formula is C24H21NO5. The summed E-state index contributed by atoms with van der Waals surface area (Å²) >= 11 is 0. The van der Waals surface area contributed by atoms with Crippen molar-refractivity contribution in [1.82, 2.24) is 5.32 Å². The van der Waals surface area contributed by atoms with Crippen molar-refractivity contribution in [2.75, 3.05) is 13.7 Å². The summed E-state index contributed by atoms with van der Waals surface area (Å²) in [6.07, 6.45) is -0.778. The SMILES string of the molecule is COc1ccc([C@@H](NC(=O)OCC2c3ccccc3-c3ccccc32)C(=O)O)cc1. The van der Waals surface area contributed by atoms with E-state index in [-0.39, 0.29) is 12.5 Å². The zero-order chi connectivity index (χ0) is 21.1. The summed E-state index contributed by atoms with van der Waals surface area (Å²) in [5, 5.41) is 12.0. The van der Waals surface area contributed by atoms with Gasteiger partial charge in [0.05, 0.1) is 7.11 Å². The second kappa shape index (κ2) is 8.29. The van der Waals surface area contributed by atoms with E-state index in [4.69, 9.17) is 9.47 Å². The van der Waals surface area contributed by atoms with Crippen LogP contribution in [0.4, 0.5) is 4.79 Å². The smallest absolute Gasteiger partial charge is 0.408 e. The third kappa shape index (κ3) is 3.72. The van der Waals surface area contributed by atoms with Crippen molar-refractivity contribution >= 4 is 12.1 Å². The van der Waals surface area contributed by atoms with Crippen LogP contribution in [0, 0.1) is 0 Å². The van der Waals surface area contributed by atoms with E-state index in [1.54, 1.807) is 24.3 Å². The number of hydrogen-bond donors (Lipinski definition) is 2. The number of aliphatic carboxylic acids is 1. The van der Waals surface area contributed by atoms with Gasteiger partial charge in [0.15, 0.2) is 6.04 Å². The van der Waals surface area contributed by atoms with Crippen molar-refractivity contribution in [2.45, 2.75) is 12.0 Å². The molecule has 0 unspecified atom stereocenters. The minimum Gasteiger partial charge on any atom is -0.497 e. The van der Waals surface area contributed by atoms with E-state index in [1.807, 2.05) is 36.4 Å². The average molecular weight is 403 g/mol. The number of fused-ring (bicyclic) bond motifs is 3. The molecule has 2 N–H and O–H groups in total. The number of rotatable bonds is 6. The summed E-state index contributed by atoms with van der Waals surface area (Å²) in [5.74, 6) is -0.662. The predicted octanol–water partition coefficient (Wildman–Crippen LogP) is 4.36. The lowest BCUT2D eigenvalue weighted by molar-refractivity contribution is -0.139. The van der Waals surface area contributed by atoms with Gasteiger partial charge in [-0.15, -0.1) is 0 Å². The van der Waals surface area contributed by atoms with Crippen LogP contribution in [0.2, 0.25) is 0 Å². The van der Waals surface area contributed by atoms with Gasteiger partial charge >= 0.3 is 12.1 Å². The zero-order valence-electron chi connectivity index (χ0n) is 16.4. The molecule has 6 nitrogen and oxygen atoms in total. The molecule has 30 heavy (non-hydrogen) atoms. The number of alkyl carbamates (subject to hydrolysis) is 1. The van der Waals surface area contributed by atoms with Crippen LogP contribution >= 0.6 is 0 Å². The van der Waals surface area contributed by atoms with Crippen molar-refractivity contribution in [3.8, 4) is 16.9 Å². The molecule has 0 fully saturated rings.